The van der Waals surface area contributed by atoms with E-state index in [1.54, 1.807) is 6.07 Å². The number of aliphatic carboxylic acids is 1. The zero-order valence-corrected chi connectivity index (χ0v) is 14.2. The molecule has 3 rings (SSSR count). The summed E-state index contributed by atoms with van der Waals surface area (Å²) in [6, 6.07) is 7.46. The predicted octanol–water partition coefficient (Wildman–Crippen LogP) is 2.07. The van der Waals surface area contributed by atoms with Crippen LogP contribution in [0.2, 0.25) is 0 Å². The summed E-state index contributed by atoms with van der Waals surface area (Å²) in [6.07, 6.45) is -0.105. The monoisotopic (exact) mass is 344 g/mol. The van der Waals surface area contributed by atoms with Crippen molar-refractivity contribution in [1.82, 2.24) is 9.88 Å². The zero-order valence-electron chi connectivity index (χ0n) is 14.2. The number of aromatic nitrogens is 1. The number of rotatable bonds is 5. The molecule has 7 nitrogen and oxygen atoms in total. The molecule has 1 aliphatic rings. The lowest BCUT2D eigenvalue weighted by Crippen LogP contribution is -2.26. The van der Waals surface area contributed by atoms with Crippen LogP contribution in [0.1, 0.15) is 28.2 Å². The molecule has 2 heterocycles. The van der Waals surface area contributed by atoms with Gasteiger partial charge in [0.1, 0.15) is 13.2 Å². The number of aryl methyl sites for hydroxylation is 1. The highest BCUT2D eigenvalue weighted by Gasteiger charge is 2.19. The van der Waals surface area contributed by atoms with Gasteiger partial charge >= 0.3 is 5.97 Å². The van der Waals surface area contributed by atoms with Crippen LogP contribution in [0.3, 0.4) is 0 Å². The Labute approximate surface area is 145 Å². The maximum absolute atomic E-state index is 12.3. The molecule has 1 aromatic carbocycles. The number of fused-ring (bicyclic) bond motifs is 1. The smallest absolute Gasteiger partial charge is 0.305 e. The highest BCUT2D eigenvalue weighted by Crippen LogP contribution is 2.33. The fourth-order valence-corrected chi connectivity index (χ4v) is 2.94. The second-order valence-corrected chi connectivity index (χ2v) is 5.85. The Bertz CT molecular complexity index is 825. The number of hydrogen-bond donors (Lipinski definition) is 2. The Balaban J connectivity index is 1.87. The van der Waals surface area contributed by atoms with Crippen LogP contribution in [0.5, 0.6) is 11.5 Å². The predicted molar refractivity (Wildman–Crippen MR) is 90.8 cm³/mol. The van der Waals surface area contributed by atoms with Gasteiger partial charge in [-0.2, -0.15) is 0 Å². The molecule has 2 aromatic rings. The fraction of sp³-hybridized carbons (Fsp3) is 0.333. The van der Waals surface area contributed by atoms with Gasteiger partial charge in [0.2, 0.25) is 0 Å². The summed E-state index contributed by atoms with van der Waals surface area (Å²) in [6.45, 7) is 4.92. The molecule has 0 saturated heterocycles. The largest absolute Gasteiger partial charge is 0.486 e. The number of carbonyl (C=O) groups is 2. The van der Waals surface area contributed by atoms with E-state index >= 15 is 0 Å². The number of ether oxygens (including phenoxy) is 2. The molecular weight excluding hydrogens is 324 g/mol. The van der Waals surface area contributed by atoms with E-state index in [-0.39, 0.29) is 18.9 Å². The third kappa shape index (κ3) is 3.45. The van der Waals surface area contributed by atoms with Crippen molar-refractivity contribution in [3.05, 3.63) is 41.2 Å². The average Bonchev–Trinajstić information content (AvgIpc) is 2.88. The third-order valence-corrected chi connectivity index (χ3v) is 4.08. The highest BCUT2D eigenvalue weighted by atomic mass is 16.6. The van der Waals surface area contributed by atoms with Crippen LogP contribution < -0.4 is 14.8 Å². The lowest BCUT2D eigenvalue weighted by atomic mass is 10.2. The van der Waals surface area contributed by atoms with E-state index in [9.17, 15) is 9.59 Å². The Kier molecular flexibility index (Phi) is 4.65. The van der Waals surface area contributed by atoms with Gasteiger partial charge in [0, 0.05) is 29.7 Å². The van der Waals surface area contributed by atoms with Gasteiger partial charge < -0.3 is 24.5 Å². The van der Waals surface area contributed by atoms with Gasteiger partial charge in [-0.05, 0) is 32.0 Å². The summed E-state index contributed by atoms with van der Waals surface area (Å²) >= 11 is 0. The van der Waals surface area contributed by atoms with Gasteiger partial charge in [-0.25, -0.2) is 0 Å². The lowest BCUT2D eigenvalue weighted by Gasteiger charge is -2.20. The van der Waals surface area contributed by atoms with Gasteiger partial charge in [0.05, 0.1) is 12.0 Å². The second-order valence-electron chi connectivity index (χ2n) is 5.85. The molecule has 1 aromatic heterocycles. The van der Waals surface area contributed by atoms with Crippen LogP contribution in [0.4, 0.5) is 0 Å². The average molecular weight is 344 g/mol. The van der Waals surface area contributed by atoms with E-state index in [0.29, 0.717) is 30.3 Å². The highest BCUT2D eigenvalue weighted by molar-refractivity contribution is 5.96. The van der Waals surface area contributed by atoms with Crippen LogP contribution in [-0.4, -0.2) is 41.3 Å². The Morgan fingerprint density at radius 1 is 1.16 bits per heavy atom. The first kappa shape index (κ1) is 16.9. The SMILES string of the molecule is Cc1cc(C(=O)NCCC(=O)O)c(C)n1-c1ccc2c(c1)OCCO2. The van der Waals surface area contributed by atoms with Crippen molar-refractivity contribution in [3.63, 3.8) is 0 Å². The molecule has 2 N–H and O–H groups in total. The molecule has 1 aliphatic heterocycles. The minimum absolute atomic E-state index is 0.0991. The quantitative estimate of drug-likeness (QED) is 0.867. The minimum Gasteiger partial charge on any atom is -0.486 e. The number of carboxylic acids is 1. The van der Waals surface area contributed by atoms with Crippen LogP contribution in [-0.2, 0) is 4.79 Å². The summed E-state index contributed by atoms with van der Waals surface area (Å²) in [7, 11) is 0. The first-order valence-corrected chi connectivity index (χ1v) is 8.06. The van der Waals surface area contributed by atoms with Crippen molar-refractivity contribution in [2.75, 3.05) is 19.8 Å². The number of nitrogens with one attached hydrogen (secondary N) is 1. The summed E-state index contributed by atoms with van der Waals surface area (Å²) < 4.78 is 13.1. The Hall–Kier alpha value is -2.96. The van der Waals surface area contributed by atoms with Crippen LogP contribution in [0, 0.1) is 13.8 Å². The lowest BCUT2D eigenvalue weighted by molar-refractivity contribution is -0.136. The van der Waals surface area contributed by atoms with E-state index in [1.807, 2.05) is 36.6 Å². The fourth-order valence-electron chi connectivity index (χ4n) is 2.94. The molecule has 0 radical (unpaired) electrons. The third-order valence-electron chi connectivity index (χ3n) is 4.08. The number of nitrogens with zero attached hydrogens (tertiary/aromatic N) is 1. The van der Waals surface area contributed by atoms with E-state index in [2.05, 4.69) is 5.32 Å². The molecule has 0 spiro atoms. The molecule has 7 heteroatoms. The zero-order chi connectivity index (χ0) is 18.0. The first-order valence-electron chi connectivity index (χ1n) is 8.06. The molecule has 1 amide bonds. The van der Waals surface area contributed by atoms with Crippen LogP contribution >= 0.6 is 0 Å². The molecule has 0 saturated carbocycles. The number of benzene rings is 1. The van der Waals surface area contributed by atoms with Crippen molar-refractivity contribution >= 4 is 11.9 Å². The van der Waals surface area contributed by atoms with Gasteiger partial charge in [-0.1, -0.05) is 0 Å². The van der Waals surface area contributed by atoms with E-state index in [4.69, 9.17) is 14.6 Å². The molecular formula is C18H20N2O5. The molecule has 0 unspecified atom stereocenters. The number of carboxylic acid groups (broad SMARTS) is 1. The molecule has 132 valence electrons. The minimum atomic E-state index is -0.943. The first-order chi connectivity index (χ1) is 12.0. The van der Waals surface area contributed by atoms with Crippen molar-refractivity contribution in [2.24, 2.45) is 0 Å². The summed E-state index contributed by atoms with van der Waals surface area (Å²) in [5, 5.41) is 11.3. The van der Waals surface area contributed by atoms with Crippen molar-refractivity contribution in [3.8, 4) is 17.2 Å². The summed E-state index contributed by atoms with van der Waals surface area (Å²) in [4.78, 5) is 22.9. The topological polar surface area (TPSA) is 89.8 Å². The molecule has 0 aliphatic carbocycles. The van der Waals surface area contributed by atoms with Crippen LogP contribution in [0.15, 0.2) is 24.3 Å². The van der Waals surface area contributed by atoms with Crippen molar-refractivity contribution in [2.45, 2.75) is 20.3 Å². The Morgan fingerprint density at radius 2 is 1.88 bits per heavy atom. The van der Waals surface area contributed by atoms with Gasteiger partial charge in [0.25, 0.3) is 5.91 Å². The summed E-state index contributed by atoms with van der Waals surface area (Å²) in [5.41, 5.74) is 3.08. The molecule has 0 bridgehead atoms. The van der Waals surface area contributed by atoms with Crippen molar-refractivity contribution < 1.29 is 24.2 Å². The van der Waals surface area contributed by atoms with Gasteiger partial charge in [-0.3, -0.25) is 9.59 Å². The Morgan fingerprint density at radius 3 is 2.60 bits per heavy atom. The van der Waals surface area contributed by atoms with Gasteiger partial charge in [-0.15, -0.1) is 0 Å². The number of amides is 1. The second kappa shape index (κ2) is 6.88. The molecule has 0 atom stereocenters. The van der Waals surface area contributed by atoms with Crippen LogP contribution in [0.25, 0.3) is 5.69 Å². The molecule has 0 fully saturated rings. The standard InChI is InChI=1S/C18H20N2O5/c1-11-9-14(18(23)19-6-5-17(21)22)12(2)20(11)13-3-4-15-16(10-13)25-8-7-24-15/h3-4,9-10H,5-8H2,1-2H3,(H,19,23)(H,21,22). The summed E-state index contributed by atoms with van der Waals surface area (Å²) in [5.74, 6) is 0.174. The van der Waals surface area contributed by atoms with Gasteiger partial charge in [0.15, 0.2) is 11.5 Å². The maximum atomic E-state index is 12.3. The normalized spacial score (nSPS) is 12.7. The number of hydrogen-bond acceptors (Lipinski definition) is 4. The van der Waals surface area contributed by atoms with Crippen molar-refractivity contribution in [1.29, 1.82) is 0 Å². The maximum Gasteiger partial charge on any atom is 0.305 e. The van der Waals surface area contributed by atoms with E-state index in [1.165, 1.54) is 0 Å². The number of carbonyl (C=O) groups excluding carboxylic acids is 1. The molecule has 25 heavy (non-hydrogen) atoms. The van der Waals surface area contributed by atoms with E-state index < -0.39 is 5.97 Å². The van der Waals surface area contributed by atoms with E-state index in [0.717, 1.165) is 17.1 Å².